The van der Waals surface area contributed by atoms with Crippen LogP contribution in [-0.4, -0.2) is 29.8 Å². The molecule has 5 nitrogen and oxygen atoms in total. The molecule has 0 bridgehead atoms. The van der Waals surface area contributed by atoms with Gasteiger partial charge in [-0.05, 0) is 13.8 Å². The van der Waals surface area contributed by atoms with E-state index >= 15 is 0 Å². The Labute approximate surface area is 115 Å². The lowest BCUT2D eigenvalue weighted by Crippen LogP contribution is -2.13. The lowest BCUT2D eigenvalue weighted by atomic mass is 10.2. The molecule has 2 aromatic heterocycles. The van der Waals surface area contributed by atoms with Crippen LogP contribution in [0.5, 0.6) is 11.5 Å². The molecule has 0 unspecified atom stereocenters. The molecule has 0 aliphatic heterocycles. The first-order valence-corrected chi connectivity index (χ1v) is 6.75. The van der Waals surface area contributed by atoms with Crippen LogP contribution in [0.3, 0.4) is 0 Å². The number of carbonyl (C=O) groups is 1. The molecule has 0 N–H and O–H groups in total. The zero-order valence-electron chi connectivity index (χ0n) is 11.3. The second-order valence-corrected chi connectivity index (χ2v) is 5.19. The number of hydrogen-bond donors (Lipinski definition) is 0. The van der Waals surface area contributed by atoms with Crippen molar-refractivity contribution >= 4 is 17.1 Å². The maximum absolute atomic E-state index is 12.6. The van der Waals surface area contributed by atoms with Gasteiger partial charge in [0.1, 0.15) is 5.75 Å². The number of hydrogen-bond acceptors (Lipinski definition) is 5. The SMILES string of the molecule is COc1csc(C(=O)c2c(OC)cnn2C(C)C)c1. The lowest BCUT2D eigenvalue weighted by molar-refractivity contribution is 0.102. The van der Waals surface area contributed by atoms with Crippen LogP contribution >= 0.6 is 11.3 Å². The van der Waals surface area contributed by atoms with E-state index in [-0.39, 0.29) is 11.8 Å². The Morgan fingerprint density at radius 2 is 2.11 bits per heavy atom. The minimum atomic E-state index is -0.101. The predicted molar refractivity (Wildman–Crippen MR) is 73.5 cm³/mol. The standard InChI is InChI=1S/C13H16N2O3S/c1-8(2)15-12(10(18-4)6-14-15)13(16)11-5-9(17-3)7-19-11/h5-8H,1-4H3. The molecule has 0 atom stereocenters. The summed E-state index contributed by atoms with van der Waals surface area (Å²) < 4.78 is 12.0. The number of ether oxygens (including phenoxy) is 2. The van der Waals surface area contributed by atoms with Gasteiger partial charge in [0, 0.05) is 17.5 Å². The van der Waals surface area contributed by atoms with Crippen LogP contribution in [0.1, 0.15) is 35.3 Å². The van der Waals surface area contributed by atoms with Crippen molar-refractivity contribution in [2.45, 2.75) is 19.9 Å². The molecule has 0 aliphatic carbocycles. The lowest BCUT2D eigenvalue weighted by Gasteiger charge is -2.10. The summed E-state index contributed by atoms with van der Waals surface area (Å²) in [5.41, 5.74) is 0.474. The van der Waals surface area contributed by atoms with E-state index in [0.717, 1.165) is 0 Å². The van der Waals surface area contributed by atoms with Gasteiger partial charge in [-0.25, -0.2) is 0 Å². The predicted octanol–water partition coefficient (Wildman–Crippen LogP) is 2.77. The van der Waals surface area contributed by atoms with Gasteiger partial charge in [-0.2, -0.15) is 5.10 Å². The Balaban J connectivity index is 2.45. The van der Waals surface area contributed by atoms with Crippen LogP contribution in [0.4, 0.5) is 0 Å². The fraction of sp³-hybridized carbons (Fsp3) is 0.385. The molecule has 2 aromatic rings. The van der Waals surface area contributed by atoms with Crippen LogP contribution in [0, 0.1) is 0 Å². The molecule has 0 aromatic carbocycles. The quantitative estimate of drug-likeness (QED) is 0.790. The molecule has 0 radical (unpaired) electrons. The van der Waals surface area contributed by atoms with Crippen LogP contribution in [0.25, 0.3) is 0 Å². The maximum atomic E-state index is 12.6. The van der Waals surface area contributed by atoms with Gasteiger partial charge in [0.05, 0.1) is 25.3 Å². The van der Waals surface area contributed by atoms with E-state index in [9.17, 15) is 4.79 Å². The average Bonchev–Trinajstić information content (AvgIpc) is 3.03. The van der Waals surface area contributed by atoms with E-state index in [1.807, 2.05) is 13.8 Å². The Hall–Kier alpha value is -1.82. The maximum Gasteiger partial charge on any atom is 0.224 e. The molecular weight excluding hydrogens is 264 g/mol. The first-order valence-electron chi connectivity index (χ1n) is 5.87. The van der Waals surface area contributed by atoms with Crippen LogP contribution < -0.4 is 9.47 Å². The number of nitrogens with zero attached hydrogens (tertiary/aromatic N) is 2. The van der Waals surface area contributed by atoms with Crippen molar-refractivity contribution in [2.75, 3.05) is 14.2 Å². The summed E-state index contributed by atoms with van der Waals surface area (Å²) in [6, 6.07) is 1.81. The molecule has 102 valence electrons. The first-order chi connectivity index (χ1) is 9.08. The summed E-state index contributed by atoms with van der Waals surface area (Å²) in [5, 5.41) is 6.01. The van der Waals surface area contributed by atoms with Gasteiger partial charge < -0.3 is 9.47 Å². The second kappa shape index (κ2) is 5.44. The topological polar surface area (TPSA) is 53.4 Å². The van der Waals surface area contributed by atoms with Gasteiger partial charge >= 0.3 is 0 Å². The summed E-state index contributed by atoms with van der Waals surface area (Å²) in [6.45, 7) is 3.94. The van der Waals surface area contributed by atoms with E-state index < -0.39 is 0 Å². The fourth-order valence-corrected chi connectivity index (χ4v) is 2.56. The zero-order chi connectivity index (χ0) is 14.0. The number of carbonyl (C=O) groups excluding carboxylic acids is 1. The second-order valence-electron chi connectivity index (χ2n) is 4.28. The van der Waals surface area contributed by atoms with Gasteiger partial charge in [0.2, 0.25) is 5.78 Å². The summed E-state index contributed by atoms with van der Waals surface area (Å²) in [6.07, 6.45) is 1.57. The molecule has 0 aliphatic rings. The monoisotopic (exact) mass is 280 g/mol. The fourth-order valence-electron chi connectivity index (χ4n) is 1.76. The van der Waals surface area contributed by atoms with Crippen molar-refractivity contribution < 1.29 is 14.3 Å². The summed E-state index contributed by atoms with van der Waals surface area (Å²) in [7, 11) is 3.11. The minimum absolute atomic E-state index is 0.0877. The van der Waals surface area contributed by atoms with E-state index in [2.05, 4.69) is 5.10 Å². The van der Waals surface area contributed by atoms with E-state index in [1.54, 1.807) is 29.4 Å². The van der Waals surface area contributed by atoms with Gasteiger partial charge in [-0.15, -0.1) is 11.3 Å². The highest BCUT2D eigenvalue weighted by molar-refractivity contribution is 7.12. The Bertz CT molecular complexity index is 586. The van der Waals surface area contributed by atoms with Crippen molar-refractivity contribution in [3.63, 3.8) is 0 Å². The van der Waals surface area contributed by atoms with Gasteiger partial charge in [-0.3, -0.25) is 9.48 Å². The number of aromatic nitrogens is 2. The van der Waals surface area contributed by atoms with Crippen molar-refractivity contribution in [3.05, 3.63) is 28.2 Å². The highest BCUT2D eigenvalue weighted by Crippen LogP contribution is 2.28. The van der Waals surface area contributed by atoms with Crippen molar-refractivity contribution in [3.8, 4) is 11.5 Å². The highest BCUT2D eigenvalue weighted by Gasteiger charge is 2.23. The molecule has 6 heteroatoms. The molecule has 2 rings (SSSR count). The molecule has 0 amide bonds. The molecule has 2 heterocycles. The molecule has 19 heavy (non-hydrogen) atoms. The third-order valence-corrected chi connectivity index (χ3v) is 3.63. The molecular formula is C13H16N2O3S. The Morgan fingerprint density at radius 1 is 1.37 bits per heavy atom. The number of methoxy groups -OCH3 is 2. The van der Waals surface area contributed by atoms with E-state index in [0.29, 0.717) is 22.1 Å². The Kier molecular flexibility index (Phi) is 3.90. The van der Waals surface area contributed by atoms with Gasteiger partial charge in [0.15, 0.2) is 11.4 Å². The van der Waals surface area contributed by atoms with E-state index in [1.165, 1.54) is 18.4 Å². The zero-order valence-corrected chi connectivity index (χ0v) is 12.2. The number of rotatable bonds is 5. The van der Waals surface area contributed by atoms with Crippen molar-refractivity contribution in [1.29, 1.82) is 0 Å². The Morgan fingerprint density at radius 3 is 2.63 bits per heavy atom. The third-order valence-electron chi connectivity index (χ3n) is 2.72. The molecule has 0 fully saturated rings. The summed E-state index contributed by atoms with van der Waals surface area (Å²) in [4.78, 5) is 13.2. The van der Waals surface area contributed by atoms with E-state index in [4.69, 9.17) is 9.47 Å². The normalized spacial score (nSPS) is 10.8. The van der Waals surface area contributed by atoms with Crippen LogP contribution in [-0.2, 0) is 0 Å². The molecule has 0 spiro atoms. The average molecular weight is 280 g/mol. The summed E-state index contributed by atoms with van der Waals surface area (Å²) in [5.74, 6) is 1.07. The van der Waals surface area contributed by atoms with Gasteiger partial charge in [0.25, 0.3) is 0 Å². The first kappa shape index (κ1) is 13.6. The number of ketones is 1. The van der Waals surface area contributed by atoms with Gasteiger partial charge in [-0.1, -0.05) is 0 Å². The molecule has 0 saturated carbocycles. The molecule has 0 saturated heterocycles. The van der Waals surface area contributed by atoms with Crippen LogP contribution in [0.2, 0.25) is 0 Å². The smallest absolute Gasteiger partial charge is 0.224 e. The van der Waals surface area contributed by atoms with Crippen molar-refractivity contribution in [2.24, 2.45) is 0 Å². The summed E-state index contributed by atoms with van der Waals surface area (Å²) >= 11 is 1.35. The largest absolute Gasteiger partial charge is 0.496 e. The van der Waals surface area contributed by atoms with Crippen molar-refractivity contribution in [1.82, 2.24) is 9.78 Å². The minimum Gasteiger partial charge on any atom is -0.496 e. The third kappa shape index (κ3) is 2.49. The number of thiophene rings is 1. The highest BCUT2D eigenvalue weighted by atomic mass is 32.1. The van der Waals surface area contributed by atoms with Crippen LogP contribution in [0.15, 0.2) is 17.6 Å².